The first-order valence-electron chi connectivity index (χ1n) is 2.79. The molecular formula is C6H11N3O. The predicted molar refractivity (Wildman–Crippen MR) is 40.5 cm³/mol. The van der Waals surface area contributed by atoms with Gasteiger partial charge in [0.25, 0.3) is 0 Å². The van der Waals surface area contributed by atoms with Crippen molar-refractivity contribution < 1.29 is 5.11 Å². The summed E-state index contributed by atoms with van der Waals surface area (Å²) in [5.74, 6) is 0. The fraction of sp³-hybridized carbons (Fsp3) is 0.333. The fourth-order valence-electron chi connectivity index (χ4n) is 0.342. The summed E-state index contributed by atoms with van der Waals surface area (Å²) in [6, 6.07) is 0. The SMILES string of the molecule is CC(=N)/C(N)=C/C(=N)CO. The zero-order chi connectivity index (χ0) is 8.15. The van der Waals surface area contributed by atoms with Crippen LogP contribution in [0.25, 0.3) is 0 Å². The van der Waals surface area contributed by atoms with Crippen LogP contribution in [0, 0.1) is 10.8 Å². The minimum absolute atomic E-state index is 0.0177. The highest BCUT2D eigenvalue weighted by molar-refractivity contribution is 6.03. The standard InChI is InChI=1S/C6H11N3O/c1-4(7)6(9)2-5(8)3-10/h2,7-8,10H,3,9H2,1H3/b6-2-,7-4?,8-5?. The van der Waals surface area contributed by atoms with E-state index < -0.39 is 0 Å². The molecule has 0 saturated heterocycles. The molecule has 0 heterocycles. The lowest BCUT2D eigenvalue weighted by Crippen LogP contribution is -2.10. The van der Waals surface area contributed by atoms with E-state index in [9.17, 15) is 0 Å². The quantitative estimate of drug-likeness (QED) is 0.412. The molecule has 0 spiro atoms. The zero-order valence-corrected chi connectivity index (χ0v) is 5.81. The van der Waals surface area contributed by atoms with E-state index in [0.29, 0.717) is 0 Å². The number of aliphatic hydroxyl groups is 1. The van der Waals surface area contributed by atoms with Crippen LogP contribution in [-0.4, -0.2) is 23.1 Å². The van der Waals surface area contributed by atoms with Gasteiger partial charge in [0.15, 0.2) is 0 Å². The van der Waals surface area contributed by atoms with Crippen molar-refractivity contribution in [3.63, 3.8) is 0 Å². The lowest BCUT2D eigenvalue weighted by atomic mass is 10.2. The molecule has 0 aliphatic rings. The summed E-state index contributed by atoms with van der Waals surface area (Å²) in [4.78, 5) is 0. The summed E-state index contributed by atoms with van der Waals surface area (Å²) in [6.07, 6.45) is 1.27. The number of aliphatic hydroxyl groups excluding tert-OH is 1. The van der Waals surface area contributed by atoms with Crippen LogP contribution in [0.5, 0.6) is 0 Å². The molecule has 5 N–H and O–H groups in total. The Bertz CT molecular complexity index is 183. The largest absolute Gasteiger partial charge is 0.397 e. The number of hydrogen-bond acceptors (Lipinski definition) is 4. The van der Waals surface area contributed by atoms with Crippen LogP contribution >= 0.6 is 0 Å². The molecule has 0 amide bonds. The van der Waals surface area contributed by atoms with Gasteiger partial charge < -0.3 is 21.7 Å². The van der Waals surface area contributed by atoms with Gasteiger partial charge in [-0.2, -0.15) is 0 Å². The third kappa shape index (κ3) is 2.99. The van der Waals surface area contributed by atoms with E-state index in [4.69, 9.17) is 21.7 Å². The molecule has 0 aliphatic heterocycles. The summed E-state index contributed by atoms with van der Waals surface area (Å²) < 4.78 is 0. The number of rotatable bonds is 3. The highest BCUT2D eigenvalue weighted by Gasteiger charge is 1.93. The predicted octanol–water partition coefficient (Wildman–Crippen LogP) is -0.119. The smallest absolute Gasteiger partial charge is 0.0846 e. The summed E-state index contributed by atoms with van der Waals surface area (Å²) >= 11 is 0. The third-order valence-electron chi connectivity index (χ3n) is 0.933. The van der Waals surface area contributed by atoms with Crippen molar-refractivity contribution in [3.05, 3.63) is 11.8 Å². The first kappa shape index (κ1) is 8.84. The van der Waals surface area contributed by atoms with Crippen LogP contribution in [0.1, 0.15) is 6.92 Å². The number of allylic oxidation sites excluding steroid dienone is 1. The Morgan fingerprint density at radius 3 is 2.40 bits per heavy atom. The summed E-state index contributed by atoms with van der Waals surface area (Å²) in [5, 5.41) is 22.3. The van der Waals surface area contributed by atoms with Crippen molar-refractivity contribution in [2.45, 2.75) is 6.92 Å². The summed E-state index contributed by atoms with van der Waals surface area (Å²) in [7, 11) is 0. The molecule has 0 aromatic heterocycles. The molecule has 4 heteroatoms. The maximum absolute atomic E-state index is 8.37. The summed E-state index contributed by atoms with van der Waals surface area (Å²) in [6.45, 7) is 1.18. The molecule has 56 valence electrons. The third-order valence-corrected chi connectivity index (χ3v) is 0.933. The molecule has 0 atom stereocenters. The van der Waals surface area contributed by atoms with E-state index >= 15 is 0 Å². The molecule has 0 aromatic carbocycles. The molecule has 0 aromatic rings. The molecule has 0 fully saturated rings. The molecule has 4 nitrogen and oxygen atoms in total. The molecule has 0 rings (SSSR count). The molecule has 0 radical (unpaired) electrons. The molecule has 0 saturated carbocycles. The zero-order valence-electron chi connectivity index (χ0n) is 5.81. The Kier molecular flexibility index (Phi) is 3.35. The van der Waals surface area contributed by atoms with Crippen LogP contribution in [0.15, 0.2) is 11.8 Å². The Balaban J connectivity index is 4.16. The second-order valence-corrected chi connectivity index (χ2v) is 1.91. The number of nitrogens with one attached hydrogen (secondary N) is 2. The van der Waals surface area contributed by atoms with Crippen LogP contribution in [0.4, 0.5) is 0 Å². The topological polar surface area (TPSA) is 94.0 Å². The lowest BCUT2D eigenvalue weighted by molar-refractivity contribution is 0.357. The highest BCUT2D eigenvalue weighted by Crippen LogP contribution is 1.86. The van der Waals surface area contributed by atoms with Gasteiger partial charge in [-0.05, 0) is 13.0 Å². The van der Waals surface area contributed by atoms with E-state index in [1.54, 1.807) is 0 Å². The Labute approximate surface area is 59.4 Å². The molecule has 0 unspecified atom stereocenters. The van der Waals surface area contributed by atoms with Gasteiger partial charge >= 0.3 is 0 Å². The van der Waals surface area contributed by atoms with Crippen molar-refractivity contribution >= 4 is 11.4 Å². The molecule has 0 aliphatic carbocycles. The monoisotopic (exact) mass is 141 g/mol. The van der Waals surface area contributed by atoms with Crippen LogP contribution in [-0.2, 0) is 0 Å². The van der Waals surface area contributed by atoms with E-state index in [2.05, 4.69) is 0 Å². The lowest BCUT2D eigenvalue weighted by Gasteiger charge is -1.96. The highest BCUT2D eigenvalue weighted by atomic mass is 16.3. The van der Waals surface area contributed by atoms with Gasteiger partial charge in [-0.3, -0.25) is 0 Å². The first-order chi connectivity index (χ1) is 4.57. The van der Waals surface area contributed by atoms with Crippen molar-refractivity contribution in [3.8, 4) is 0 Å². The van der Waals surface area contributed by atoms with Crippen molar-refractivity contribution in [1.29, 1.82) is 10.8 Å². The first-order valence-corrected chi connectivity index (χ1v) is 2.79. The van der Waals surface area contributed by atoms with E-state index in [1.807, 2.05) is 0 Å². The molecular weight excluding hydrogens is 130 g/mol. The van der Waals surface area contributed by atoms with Crippen molar-refractivity contribution in [1.82, 2.24) is 0 Å². The second-order valence-electron chi connectivity index (χ2n) is 1.91. The summed E-state index contributed by atoms with van der Waals surface area (Å²) in [5.41, 5.74) is 5.72. The van der Waals surface area contributed by atoms with Gasteiger partial charge in [-0.1, -0.05) is 0 Å². The van der Waals surface area contributed by atoms with Gasteiger partial charge in [0.1, 0.15) is 0 Å². The number of hydrogen-bond donors (Lipinski definition) is 4. The average molecular weight is 141 g/mol. The molecule has 0 bridgehead atoms. The number of nitrogens with two attached hydrogens (primary N) is 1. The Morgan fingerprint density at radius 1 is 1.60 bits per heavy atom. The van der Waals surface area contributed by atoms with E-state index in [0.717, 1.165) is 0 Å². The molecule has 10 heavy (non-hydrogen) atoms. The van der Waals surface area contributed by atoms with Gasteiger partial charge in [-0.15, -0.1) is 0 Å². The van der Waals surface area contributed by atoms with Gasteiger partial charge in [-0.25, -0.2) is 0 Å². The van der Waals surface area contributed by atoms with Crippen molar-refractivity contribution in [2.24, 2.45) is 5.73 Å². The van der Waals surface area contributed by atoms with Crippen molar-refractivity contribution in [2.75, 3.05) is 6.61 Å². The Morgan fingerprint density at radius 2 is 2.10 bits per heavy atom. The van der Waals surface area contributed by atoms with Gasteiger partial charge in [0, 0.05) is 0 Å². The average Bonchev–Trinajstić information content (AvgIpc) is 1.87. The normalized spacial score (nSPS) is 11.2. The maximum atomic E-state index is 8.37. The van der Waals surface area contributed by atoms with Crippen LogP contribution in [0.2, 0.25) is 0 Å². The van der Waals surface area contributed by atoms with Gasteiger partial charge in [0.2, 0.25) is 0 Å². The minimum Gasteiger partial charge on any atom is -0.397 e. The minimum atomic E-state index is -0.339. The Hall–Kier alpha value is -1.16. The van der Waals surface area contributed by atoms with Crippen LogP contribution in [0.3, 0.4) is 0 Å². The van der Waals surface area contributed by atoms with Gasteiger partial charge in [0.05, 0.1) is 23.7 Å². The fourth-order valence-corrected chi connectivity index (χ4v) is 0.342. The maximum Gasteiger partial charge on any atom is 0.0846 e. The van der Waals surface area contributed by atoms with E-state index in [-0.39, 0.29) is 23.7 Å². The van der Waals surface area contributed by atoms with Crippen LogP contribution < -0.4 is 5.73 Å². The van der Waals surface area contributed by atoms with E-state index in [1.165, 1.54) is 13.0 Å². The second kappa shape index (κ2) is 3.79.